The minimum absolute atomic E-state index is 0.298. The molecule has 2 rings (SSSR count). The van der Waals surface area contributed by atoms with Crippen LogP contribution in [0, 0.1) is 5.82 Å². The molecule has 6 heteroatoms. The van der Waals surface area contributed by atoms with Gasteiger partial charge in [0.05, 0.1) is 16.2 Å². The Hall–Kier alpha value is -1.04. The monoisotopic (exact) mass is 278 g/mol. The van der Waals surface area contributed by atoms with Gasteiger partial charge in [-0.2, -0.15) is 5.10 Å². The maximum absolute atomic E-state index is 13.2. The minimum Gasteiger partial charge on any atom is -0.259 e. The SMILES string of the molecule is Fc1cc2c(cnn2CC(F)F)cc1Br. The Kier molecular flexibility index (Phi) is 2.68. The van der Waals surface area contributed by atoms with Gasteiger partial charge in [0, 0.05) is 11.5 Å². The van der Waals surface area contributed by atoms with Crippen LogP contribution in [0.4, 0.5) is 13.2 Å². The van der Waals surface area contributed by atoms with Crippen molar-refractivity contribution in [1.82, 2.24) is 9.78 Å². The summed E-state index contributed by atoms with van der Waals surface area (Å²) in [6.45, 7) is -0.523. The zero-order valence-corrected chi connectivity index (χ0v) is 9.01. The molecule has 1 heterocycles. The van der Waals surface area contributed by atoms with E-state index in [2.05, 4.69) is 21.0 Å². The predicted octanol–water partition coefficient (Wildman–Crippen LogP) is 3.20. The summed E-state index contributed by atoms with van der Waals surface area (Å²) in [4.78, 5) is 0. The summed E-state index contributed by atoms with van der Waals surface area (Å²) < 4.78 is 38.8. The number of hydrogen-bond acceptors (Lipinski definition) is 1. The van der Waals surface area contributed by atoms with E-state index in [1.807, 2.05) is 0 Å². The second kappa shape index (κ2) is 3.84. The zero-order chi connectivity index (χ0) is 11.0. The van der Waals surface area contributed by atoms with Gasteiger partial charge in [0.25, 0.3) is 6.43 Å². The summed E-state index contributed by atoms with van der Waals surface area (Å²) in [5.74, 6) is -0.487. The number of fused-ring (bicyclic) bond motifs is 1. The summed E-state index contributed by atoms with van der Waals surface area (Å²) in [6.07, 6.45) is -1.07. The van der Waals surface area contributed by atoms with Crippen LogP contribution in [0.1, 0.15) is 0 Å². The molecule has 0 spiro atoms. The molecule has 0 saturated carbocycles. The highest BCUT2D eigenvalue weighted by Crippen LogP contribution is 2.23. The van der Waals surface area contributed by atoms with Crippen LogP contribution >= 0.6 is 15.9 Å². The molecule has 0 saturated heterocycles. The standard InChI is InChI=1S/C9H6BrF3N2/c10-6-1-5-3-14-15(4-9(12)13)8(5)2-7(6)11/h1-3,9H,4H2. The maximum Gasteiger partial charge on any atom is 0.257 e. The molecule has 0 radical (unpaired) electrons. The Labute approximate surface area is 91.8 Å². The van der Waals surface area contributed by atoms with Crippen molar-refractivity contribution in [3.63, 3.8) is 0 Å². The van der Waals surface area contributed by atoms with Gasteiger partial charge in [-0.3, -0.25) is 4.68 Å². The fourth-order valence-corrected chi connectivity index (χ4v) is 1.71. The molecule has 1 aromatic carbocycles. The molecule has 15 heavy (non-hydrogen) atoms. The number of benzene rings is 1. The predicted molar refractivity (Wildman–Crippen MR) is 53.4 cm³/mol. The van der Waals surface area contributed by atoms with Crippen molar-refractivity contribution in [3.05, 3.63) is 28.6 Å². The molecule has 0 aliphatic carbocycles. The van der Waals surface area contributed by atoms with Crippen molar-refractivity contribution >= 4 is 26.8 Å². The Morgan fingerprint density at radius 2 is 2.13 bits per heavy atom. The summed E-state index contributed by atoms with van der Waals surface area (Å²) in [7, 11) is 0. The van der Waals surface area contributed by atoms with Crippen LogP contribution in [-0.2, 0) is 6.54 Å². The number of nitrogens with zero attached hydrogens (tertiary/aromatic N) is 2. The number of alkyl halides is 2. The molecule has 0 aliphatic rings. The van der Waals surface area contributed by atoms with Gasteiger partial charge in [-0.1, -0.05) is 0 Å². The highest BCUT2D eigenvalue weighted by Gasteiger charge is 2.10. The first-order valence-electron chi connectivity index (χ1n) is 4.16. The first kappa shape index (κ1) is 10.5. The van der Waals surface area contributed by atoms with Crippen molar-refractivity contribution in [2.45, 2.75) is 13.0 Å². The van der Waals surface area contributed by atoms with Crippen LogP contribution < -0.4 is 0 Å². The van der Waals surface area contributed by atoms with Crippen molar-refractivity contribution in [3.8, 4) is 0 Å². The van der Waals surface area contributed by atoms with E-state index >= 15 is 0 Å². The van der Waals surface area contributed by atoms with E-state index < -0.39 is 18.8 Å². The topological polar surface area (TPSA) is 17.8 Å². The molecule has 0 amide bonds. The van der Waals surface area contributed by atoms with Crippen LogP contribution in [0.2, 0.25) is 0 Å². The lowest BCUT2D eigenvalue weighted by Gasteiger charge is -2.02. The lowest BCUT2D eigenvalue weighted by Crippen LogP contribution is -2.07. The highest BCUT2D eigenvalue weighted by atomic mass is 79.9. The fourth-order valence-electron chi connectivity index (χ4n) is 1.35. The normalized spacial score (nSPS) is 11.5. The third-order valence-corrected chi connectivity index (χ3v) is 2.60. The molecule has 2 aromatic rings. The Morgan fingerprint density at radius 1 is 1.40 bits per heavy atom. The van der Waals surface area contributed by atoms with E-state index in [4.69, 9.17) is 0 Å². The van der Waals surface area contributed by atoms with E-state index in [1.165, 1.54) is 18.3 Å². The molecule has 80 valence electrons. The zero-order valence-electron chi connectivity index (χ0n) is 7.42. The number of hydrogen-bond donors (Lipinski definition) is 0. The maximum atomic E-state index is 13.2. The van der Waals surface area contributed by atoms with Gasteiger partial charge in [0.2, 0.25) is 0 Å². The highest BCUT2D eigenvalue weighted by molar-refractivity contribution is 9.10. The van der Waals surface area contributed by atoms with Gasteiger partial charge in [-0.15, -0.1) is 0 Å². The van der Waals surface area contributed by atoms with Crippen molar-refractivity contribution in [1.29, 1.82) is 0 Å². The van der Waals surface area contributed by atoms with Crippen molar-refractivity contribution in [2.75, 3.05) is 0 Å². The van der Waals surface area contributed by atoms with Crippen molar-refractivity contribution < 1.29 is 13.2 Å². The fraction of sp³-hybridized carbons (Fsp3) is 0.222. The first-order valence-corrected chi connectivity index (χ1v) is 4.96. The second-order valence-electron chi connectivity index (χ2n) is 3.04. The van der Waals surface area contributed by atoms with Crippen LogP contribution in [0.5, 0.6) is 0 Å². The molecule has 0 atom stereocenters. The summed E-state index contributed by atoms with van der Waals surface area (Å²) in [5, 5.41) is 4.40. The summed E-state index contributed by atoms with van der Waals surface area (Å²) in [5.41, 5.74) is 0.371. The molecular weight excluding hydrogens is 273 g/mol. The lowest BCUT2D eigenvalue weighted by molar-refractivity contribution is 0.123. The Balaban J connectivity index is 2.54. The summed E-state index contributed by atoms with van der Waals surface area (Å²) >= 11 is 3.02. The molecule has 0 aliphatic heterocycles. The average Bonchev–Trinajstić information content (AvgIpc) is 2.49. The van der Waals surface area contributed by atoms with Crippen LogP contribution in [0.15, 0.2) is 22.8 Å². The van der Waals surface area contributed by atoms with E-state index in [0.29, 0.717) is 15.4 Å². The van der Waals surface area contributed by atoms with E-state index in [0.717, 1.165) is 4.68 Å². The molecule has 0 N–H and O–H groups in total. The van der Waals surface area contributed by atoms with Gasteiger partial charge in [-0.05, 0) is 22.0 Å². The molecule has 1 aromatic heterocycles. The second-order valence-corrected chi connectivity index (χ2v) is 3.90. The first-order chi connectivity index (χ1) is 7.08. The van der Waals surface area contributed by atoms with E-state index in [9.17, 15) is 13.2 Å². The molecule has 0 fully saturated rings. The molecule has 0 bridgehead atoms. The number of rotatable bonds is 2. The van der Waals surface area contributed by atoms with Crippen LogP contribution in [-0.4, -0.2) is 16.2 Å². The van der Waals surface area contributed by atoms with Gasteiger partial charge in [0.1, 0.15) is 12.4 Å². The van der Waals surface area contributed by atoms with Gasteiger partial charge in [-0.25, -0.2) is 13.2 Å². The molecule has 2 nitrogen and oxygen atoms in total. The Morgan fingerprint density at radius 3 is 2.80 bits per heavy atom. The molecular formula is C9H6BrF3N2. The Bertz CT molecular complexity index is 495. The number of halogens is 4. The van der Waals surface area contributed by atoms with Crippen LogP contribution in [0.25, 0.3) is 10.9 Å². The average molecular weight is 279 g/mol. The van der Waals surface area contributed by atoms with Crippen molar-refractivity contribution in [2.24, 2.45) is 0 Å². The van der Waals surface area contributed by atoms with Crippen LogP contribution in [0.3, 0.4) is 0 Å². The number of aromatic nitrogens is 2. The van der Waals surface area contributed by atoms with Gasteiger partial charge >= 0.3 is 0 Å². The van der Waals surface area contributed by atoms with Gasteiger partial charge in [0.15, 0.2) is 0 Å². The quantitative estimate of drug-likeness (QED) is 0.825. The van der Waals surface area contributed by atoms with E-state index in [1.54, 1.807) is 0 Å². The smallest absolute Gasteiger partial charge is 0.257 e. The van der Waals surface area contributed by atoms with E-state index in [-0.39, 0.29) is 0 Å². The third-order valence-electron chi connectivity index (χ3n) is 1.99. The molecule has 0 unspecified atom stereocenters. The largest absolute Gasteiger partial charge is 0.259 e. The lowest BCUT2D eigenvalue weighted by atomic mass is 10.2. The van der Waals surface area contributed by atoms with Gasteiger partial charge < -0.3 is 0 Å². The summed E-state index contributed by atoms with van der Waals surface area (Å²) in [6, 6.07) is 2.70. The third kappa shape index (κ3) is 1.99. The minimum atomic E-state index is -2.50.